The molecule has 0 amide bonds. The van der Waals surface area contributed by atoms with Gasteiger partial charge in [0.1, 0.15) is 11.6 Å². The van der Waals surface area contributed by atoms with Gasteiger partial charge in [-0.3, -0.25) is 0 Å². The van der Waals surface area contributed by atoms with E-state index in [9.17, 15) is 5.11 Å². The number of rotatable bonds is 1. The van der Waals surface area contributed by atoms with Crippen molar-refractivity contribution in [2.45, 2.75) is 32.6 Å². The first kappa shape index (κ1) is 20.5. The Hall–Kier alpha value is -3.75. The van der Waals surface area contributed by atoms with Crippen LogP contribution < -0.4 is 0 Å². The fourth-order valence-corrected chi connectivity index (χ4v) is 3.62. The summed E-state index contributed by atoms with van der Waals surface area (Å²) in [6.07, 6.45) is 6.12. The summed E-state index contributed by atoms with van der Waals surface area (Å²) in [5.41, 5.74) is 5.43. The fraction of sp³-hybridized carbons (Fsp3) is 0.172. The van der Waals surface area contributed by atoms with Gasteiger partial charge in [-0.1, -0.05) is 47.5 Å². The van der Waals surface area contributed by atoms with Gasteiger partial charge in [0.25, 0.3) is 0 Å². The van der Waals surface area contributed by atoms with Crippen molar-refractivity contribution in [3.8, 4) is 29.4 Å². The van der Waals surface area contributed by atoms with Crippen molar-refractivity contribution in [2.24, 2.45) is 0 Å². The Labute approximate surface area is 183 Å². The van der Waals surface area contributed by atoms with Gasteiger partial charge in [-0.25, -0.2) is 4.39 Å². The van der Waals surface area contributed by atoms with Gasteiger partial charge in [-0.15, -0.1) is 0 Å². The van der Waals surface area contributed by atoms with Gasteiger partial charge < -0.3 is 5.11 Å². The summed E-state index contributed by atoms with van der Waals surface area (Å²) in [5.74, 6) is 12.2. The largest absolute Gasteiger partial charge is 0.508 e. The first-order chi connectivity index (χ1) is 15.1. The average Bonchev–Trinajstić information content (AvgIpc) is 2.80. The second-order valence-corrected chi connectivity index (χ2v) is 7.74. The number of allylic oxidation sites excluding steroid dienone is 2. The van der Waals surface area contributed by atoms with E-state index < -0.39 is 0 Å². The highest BCUT2D eigenvalue weighted by Crippen LogP contribution is 2.32. The number of hydrogen-bond acceptors (Lipinski definition) is 1. The molecular weight excluding hydrogens is 383 g/mol. The van der Waals surface area contributed by atoms with Crippen molar-refractivity contribution in [1.29, 1.82) is 0 Å². The van der Waals surface area contributed by atoms with Crippen LogP contribution in [0.25, 0.3) is 5.57 Å². The molecule has 1 nitrogen and oxygen atoms in total. The minimum Gasteiger partial charge on any atom is -0.508 e. The summed E-state index contributed by atoms with van der Waals surface area (Å²) < 4.78 is 15.6. The number of phenolic OH excluding ortho intramolecular Hbond substituents is 1. The molecule has 0 unspecified atom stereocenters. The predicted molar refractivity (Wildman–Crippen MR) is 124 cm³/mol. The first-order valence-corrected chi connectivity index (χ1v) is 10.5. The van der Waals surface area contributed by atoms with Crippen LogP contribution in [0.5, 0.6) is 5.75 Å². The van der Waals surface area contributed by atoms with E-state index >= 15 is 4.39 Å². The summed E-state index contributed by atoms with van der Waals surface area (Å²) in [6.45, 7) is 2.03. The van der Waals surface area contributed by atoms with E-state index in [0.29, 0.717) is 16.7 Å². The topological polar surface area (TPSA) is 20.2 Å². The van der Waals surface area contributed by atoms with E-state index in [4.69, 9.17) is 0 Å². The van der Waals surface area contributed by atoms with E-state index in [1.807, 2.05) is 37.3 Å². The molecule has 31 heavy (non-hydrogen) atoms. The van der Waals surface area contributed by atoms with Crippen LogP contribution in [0, 0.1) is 36.4 Å². The lowest BCUT2D eigenvalue weighted by Crippen LogP contribution is -2.01. The maximum atomic E-state index is 15.6. The van der Waals surface area contributed by atoms with Crippen molar-refractivity contribution in [1.82, 2.24) is 0 Å². The maximum Gasteiger partial charge on any atom is 0.147 e. The second kappa shape index (κ2) is 9.38. The van der Waals surface area contributed by atoms with Gasteiger partial charge in [0.15, 0.2) is 0 Å². The third kappa shape index (κ3) is 5.06. The van der Waals surface area contributed by atoms with Gasteiger partial charge in [0.2, 0.25) is 0 Å². The van der Waals surface area contributed by atoms with Crippen LogP contribution in [0.2, 0.25) is 0 Å². The van der Waals surface area contributed by atoms with Crippen molar-refractivity contribution < 1.29 is 9.50 Å². The van der Waals surface area contributed by atoms with E-state index in [-0.39, 0.29) is 11.6 Å². The minimum absolute atomic E-state index is 0.196. The first-order valence-electron chi connectivity index (χ1n) is 10.5. The van der Waals surface area contributed by atoms with Crippen LogP contribution in [0.1, 0.15) is 59.1 Å². The third-order valence-electron chi connectivity index (χ3n) is 5.36. The van der Waals surface area contributed by atoms with Crippen LogP contribution in [-0.2, 0) is 0 Å². The molecule has 1 aliphatic carbocycles. The molecule has 3 aromatic carbocycles. The molecule has 0 heterocycles. The monoisotopic (exact) mass is 406 g/mol. The highest BCUT2D eigenvalue weighted by molar-refractivity contribution is 5.74. The molecule has 0 radical (unpaired) electrons. The number of halogens is 1. The summed E-state index contributed by atoms with van der Waals surface area (Å²) in [6, 6.07) is 18.2. The summed E-state index contributed by atoms with van der Waals surface area (Å²) in [5, 5.41) is 9.45. The minimum atomic E-state index is -0.301. The van der Waals surface area contributed by atoms with Gasteiger partial charge in [0, 0.05) is 22.3 Å². The quantitative estimate of drug-likeness (QED) is 0.452. The summed E-state index contributed by atoms with van der Waals surface area (Å²) in [7, 11) is 0. The Balaban J connectivity index is 1.76. The normalized spacial score (nSPS) is 12.8. The number of aromatic hydroxyl groups is 1. The van der Waals surface area contributed by atoms with Gasteiger partial charge in [-0.2, -0.15) is 0 Å². The zero-order valence-electron chi connectivity index (χ0n) is 17.5. The summed E-state index contributed by atoms with van der Waals surface area (Å²) in [4.78, 5) is 0. The molecule has 1 aliphatic rings. The predicted octanol–water partition coefficient (Wildman–Crippen LogP) is 6.60. The molecule has 0 saturated carbocycles. The smallest absolute Gasteiger partial charge is 0.147 e. The van der Waals surface area contributed by atoms with Crippen molar-refractivity contribution in [3.63, 3.8) is 0 Å². The lowest BCUT2D eigenvalue weighted by Gasteiger charge is -2.16. The maximum absolute atomic E-state index is 15.6. The standard InChI is InChI=1S/C29H23FO/c1-21-7-9-22(10-8-21)12-16-26-18-17-25(15-11-23-13-19-27(31)20-14-23)28(29(26)30)24-5-3-2-4-6-24/h5,7-10,13-14,17-20,31H,2-4,6H2,1H3. The lowest BCUT2D eigenvalue weighted by atomic mass is 9.89. The van der Waals surface area contributed by atoms with E-state index in [0.717, 1.165) is 42.4 Å². The Morgan fingerprint density at radius 1 is 0.742 bits per heavy atom. The van der Waals surface area contributed by atoms with Crippen LogP contribution in [0.4, 0.5) is 4.39 Å². The number of aryl methyl sites for hydroxylation is 1. The van der Waals surface area contributed by atoms with Gasteiger partial charge in [-0.05, 0) is 86.7 Å². The molecule has 1 N–H and O–H groups in total. The molecule has 2 heteroatoms. The molecule has 4 rings (SSSR count). The van der Waals surface area contributed by atoms with Crippen molar-refractivity contribution in [3.05, 3.63) is 106 Å². The molecule has 3 aromatic rings. The second-order valence-electron chi connectivity index (χ2n) is 7.74. The van der Waals surface area contributed by atoms with Crippen LogP contribution in [0.15, 0.2) is 66.7 Å². The number of hydrogen-bond donors (Lipinski definition) is 1. The molecule has 0 atom stereocenters. The van der Waals surface area contributed by atoms with Crippen LogP contribution >= 0.6 is 0 Å². The van der Waals surface area contributed by atoms with E-state index in [1.165, 1.54) is 5.56 Å². The van der Waals surface area contributed by atoms with Gasteiger partial charge >= 0.3 is 0 Å². The molecule has 0 saturated heterocycles. The Morgan fingerprint density at radius 2 is 1.35 bits per heavy atom. The van der Waals surface area contributed by atoms with E-state index in [1.54, 1.807) is 30.3 Å². The SMILES string of the molecule is Cc1ccc(C#Cc2ccc(C#Cc3ccc(O)cc3)c(C3=CCCCC3)c2F)cc1. The Morgan fingerprint density at radius 3 is 2.00 bits per heavy atom. The van der Waals surface area contributed by atoms with Crippen LogP contribution in [-0.4, -0.2) is 5.11 Å². The zero-order chi connectivity index (χ0) is 21.6. The highest BCUT2D eigenvalue weighted by atomic mass is 19.1. The molecule has 0 aliphatic heterocycles. The Kier molecular flexibility index (Phi) is 6.21. The summed E-state index contributed by atoms with van der Waals surface area (Å²) >= 11 is 0. The number of benzene rings is 3. The van der Waals surface area contributed by atoms with E-state index in [2.05, 4.69) is 29.8 Å². The molecule has 0 fully saturated rings. The lowest BCUT2D eigenvalue weighted by molar-refractivity contribution is 0.475. The van der Waals surface area contributed by atoms with Crippen molar-refractivity contribution >= 4 is 5.57 Å². The fourth-order valence-electron chi connectivity index (χ4n) is 3.62. The van der Waals surface area contributed by atoms with Gasteiger partial charge in [0.05, 0.1) is 5.56 Å². The number of phenols is 1. The zero-order valence-corrected chi connectivity index (χ0v) is 17.5. The molecule has 0 aromatic heterocycles. The molecular formula is C29H23FO. The van der Waals surface area contributed by atoms with Crippen molar-refractivity contribution in [2.75, 3.05) is 0 Å². The highest BCUT2D eigenvalue weighted by Gasteiger charge is 2.17. The van der Waals surface area contributed by atoms with Crippen LogP contribution in [0.3, 0.4) is 0 Å². The molecule has 152 valence electrons. The third-order valence-corrected chi connectivity index (χ3v) is 5.36. The molecule has 0 bridgehead atoms. The Bertz CT molecular complexity index is 1240. The molecule has 0 spiro atoms. The average molecular weight is 407 g/mol.